The van der Waals surface area contributed by atoms with Crippen molar-refractivity contribution in [3.63, 3.8) is 0 Å². The lowest BCUT2D eigenvalue weighted by molar-refractivity contribution is 0.0642. The molecule has 2 aliphatic rings. The number of rotatable bonds is 7. The number of aliphatic hydroxyl groups excluding tert-OH is 2. The Morgan fingerprint density at radius 2 is 1.93 bits per heavy atom. The van der Waals surface area contributed by atoms with Crippen molar-refractivity contribution in [2.45, 2.75) is 37.8 Å². The summed E-state index contributed by atoms with van der Waals surface area (Å²) in [5.74, 6) is 0.431. The molecule has 4 unspecified atom stereocenters. The summed E-state index contributed by atoms with van der Waals surface area (Å²) in [4.78, 5) is 8.83. The zero-order valence-electron chi connectivity index (χ0n) is 17.1. The molecule has 2 heterocycles. The summed E-state index contributed by atoms with van der Waals surface area (Å²) in [5, 5.41) is 24.1. The van der Waals surface area contributed by atoms with Gasteiger partial charge in [-0.15, -0.1) is 0 Å². The first-order valence-electron chi connectivity index (χ1n) is 10.8. The van der Waals surface area contributed by atoms with Crippen molar-refractivity contribution in [1.29, 1.82) is 0 Å². The highest BCUT2D eigenvalue weighted by Gasteiger charge is 2.42. The monoisotopic (exact) mass is 415 g/mol. The summed E-state index contributed by atoms with van der Waals surface area (Å²) >= 11 is 0. The van der Waals surface area contributed by atoms with Crippen LogP contribution in [0.3, 0.4) is 0 Å². The van der Waals surface area contributed by atoms with Gasteiger partial charge < -0.3 is 20.3 Å². The number of aromatic nitrogens is 2. The minimum absolute atomic E-state index is 0.0493. The van der Waals surface area contributed by atoms with Crippen molar-refractivity contribution in [1.82, 2.24) is 15.3 Å². The number of hydrogen-bond acceptors (Lipinski definition) is 6. The lowest BCUT2D eigenvalue weighted by Crippen LogP contribution is -2.40. The van der Waals surface area contributed by atoms with E-state index < -0.39 is 6.10 Å². The maximum Gasteiger partial charge on any atom is 0.162 e. The topological polar surface area (TPSA) is 87.5 Å². The quantitative estimate of drug-likeness (QED) is 0.643. The molecule has 0 bridgehead atoms. The average Bonchev–Trinajstić information content (AvgIpc) is 3.07. The zero-order chi connectivity index (χ0) is 20.9. The van der Waals surface area contributed by atoms with Gasteiger partial charge in [-0.2, -0.15) is 0 Å². The molecule has 1 saturated heterocycles. The molecule has 4 atom stereocenters. The molecule has 2 aromatic rings. The van der Waals surface area contributed by atoms with Crippen molar-refractivity contribution >= 4 is 0 Å². The first-order valence-corrected chi connectivity index (χ1v) is 10.8. The van der Waals surface area contributed by atoms with E-state index in [9.17, 15) is 14.6 Å². The van der Waals surface area contributed by atoms with Crippen LogP contribution in [0.5, 0.6) is 0 Å². The number of benzene rings is 1. The van der Waals surface area contributed by atoms with Crippen molar-refractivity contribution in [2.24, 2.45) is 17.8 Å². The maximum atomic E-state index is 14.2. The Hall–Kier alpha value is -1.93. The lowest BCUT2D eigenvalue weighted by Gasteiger charge is -2.28. The van der Waals surface area contributed by atoms with Crippen molar-refractivity contribution < 1.29 is 19.3 Å². The largest absolute Gasteiger partial charge is 0.396 e. The molecule has 1 aliphatic carbocycles. The average molecular weight is 416 g/mol. The van der Waals surface area contributed by atoms with E-state index in [0.29, 0.717) is 30.1 Å². The second-order valence-electron chi connectivity index (χ2n) is 8.44. The van der Waals surface area contributed by atoms with Crippen LogP contribution in [0.1, 0.15) is 25.0 Å². The van der Waals surface area contributed by atoms with Crippen LogP contribution in [0, 0.1) is 23.6 Å². The third kappa shape index (κ3) is 4.86. The molecule has 1 aromatic heterocycles. The van der Waals surface area contributed by atoms with Gasteiger partial charge in [-0.3, -0.25) is 0 Å². The van der Waals surface area contributed by atoms with Crippen LogP contribution in [-0.4, -0.2) is 58.7 Å². The lowest BCUT2D eigenvalue weighted by atomic mass is 9.88. The molecule has 2 fully saturated rings. The Kier molecular flexibility index (Phi) is 7.04. The van der Waals surface area contributed by atoms with E-state index in [1.807, 2.05) is 6.07 Å². The normalized spacial score (nSPS) is 27.4. The van der Waals surface area contributed by atoms with Gasteiger partial charge >= 0.3 is 0 Å². The van der Waals surface area contributed by atoms with Gasteiger partial charge in [-0.25, -0.2) is 14.4 Å². The smallest absolute Gasteiger partial charge is 0.162 e. The number of hydrogen-bond donors (Lipinski definition) is 3. The van der Waals surface area contributed by atoms with Crippen LogP contribution < -0.4 is 5.32 Å². The van der Waals surface area contributed by atoms with Crippen LogP contribution in [0.2, 0.25) is 0 Å². The van der Waals surface area contributed by atoms with E-state index in [2.05, 4.69) is 15.3 Å². The van der Waals surface area contributed by atoms with Crippen LogP contribution in [0.4, 0.5) is 4.39 Å². The fraction of sp³-hybridized carbons (Fsp3) is 0.565. The summed E-state index contributed by atoms with van der Waals surface area (Å²) < 4.78 is 19.6. The minimum Gasteiger partial charge on any atom is -0.396 e. The molecule has 6 nitrogen and oxygen atoms in total. The molecule has 0 spiro atoms. The van der Waals surface area contributed by atoms with Crippen molar-refractivity contribution in [3.05, 3.63) is 48.0 Å². The molecule has 0 radical (unpaired) electrons. The predicted molar refractivity (Wildman–Crippen MR) is 111 cm³/mol. The number of aliphatic hydroxyl groups is 2. The van der Waals surface area contributed by atoms with E-state index in [0.717, 1.165) is 38.3 Å². The summed E-state index contributed by atoms with van der Waals surface area (Å²) in [5.41, 5.74) is 1.16. The van der Waals surface area contributed by atoms with Crippen LogP contribution in [-0.2, 0) is 11.2 Å². The Balaban J connectivity index is 1.48. The van der Waals surface area contributed by atoms with Crippen molar-refractivity contribution in [3.8, 4) is 11.4 Å². The molecule has 30 heavy (non-hydrogen) atoms. The number of nitrogens with zero attached hydrogens (tertiary/aromatic N) is 2. The zero-order valence-corrected chi connectivity index (χ0v) is 17.1. The van der Waals surface area contributed by atoms with Crippen LogP contribution >= 0.6 is 0 Å². The molecule has 7 heteroatoms. The summed E-state index contributed by atoms with van der Waals surface area (Å²) in [6, 6.07) is 8.41. The van der Waals surface area contributed by atoms with Gasteiger partial charge in [0.25, 0.3) is 0 Å². The van der Waals surface area contributed by atoms with Crippen LogP contribution in [0.15, 0.2) is 36.5 Å². The highest BCUT2D eigenvalue weighted by molar-refractivity contribution is 5.55. The third-order valence-corrected chi connectivity index (χ3v) is 6.55. The molecular formula is C23H30FN3O3. The SMILES string of the molecule is OCC1C(O)CC(NCC2CCOCC2)C1Cc1ccnc(-c2ccccc2F)n1. The van der Waals surface area contributed by atoms with Gasteiger partial charge in [-0.05, 0) is 62.3 Å². The van der Waals surface area contributed by atoms with Gasteiger partial charge in [0.15, 0.2) is 5.82 Å². The highest BCUT2D eigenvalue weighted by atomic mass is 19.1. The number of halogens is 1. The van der Waals surface area contributed by atoms with Gasteiger partial charge in [0.05, 0.1) is 11.7 Å². The fourth-order valence-electron chi connectivity index (χ4n) is 4.77. The van der Waals surface area contributed by atoms with Gasteiger partial charge in [0.2, 0.25) is 0 Å². The Labute approximate surface area is 176 Å². The third-order valence-electron chi connectivity index (χ3n) is 6.55. The predicted octanol–water partition coefficient (Wildman–Crippen LogP) is 2.20. The molecule has 3 N–H and O–H groups in total. The Morgan fingerprint density at radius 1 is 1.13 bits per heavy atom. The summed E-state index contributed by atoms with van der Waals surface area (Å²) in [6.45, 7) is 2.44. The van der Waals surface area contributed by atoms with E-state index in [1.54, 1.807) is 24.4 Å². The molecule has 4 rings (SSSR count). The Bertz CT molecular complexity index is 831. The second-order valence-corrected chi connectivity index (χ2v) is 8.44. The molecule has 162 valence electrons. The van der Waals surface area contributed by atoms with Gasteiger partial charge in [0, 0.05) is 43.7 Å². The first kappa shape index (κ1) is 21.3. The summed E-state index contributed by atoms with van der Waals surface area (Å²) in [6.07, 6.45) is 4.42. The van der Waals surface area contributed by atoms with Crippen LogP contribution in [0.25, 0.3) is 11.4 Å². The maximum absolute atomic E-state index is 14.2. The molecule has 0 amide bonds. The van der Waals surface area contributed by atoms with E-state index in [4.69, 9.17) is 4.74 Å². The highest BCUT2D eigenvalue weighted by Crippen LogP contribution is 2.35. The number of ether oxygens (including phenoxy) is 1. The standard InChI is InChI=1S/C23H30FN3O3/c24-20-4-2-1-3-17(20)23-25-8-5-16(27-23)11-18-19(14-28)22(29)12-21(18)26-13-15-6-9-30-10-7-15/h1-5,8,15,18-19,21-22,26,28-29H,6-7,9-14H2. The van der Waals surface area contributed by atoms with E-state index >= 15 is 0 Å². The van der Waals surface area contributed by atoms with E-state index in [1.165, 1.54) is 6.07 Å². The molecule has 1 saturated carbocycles. The molecular weight excluding hydrogens is 385 g/mol. The fourth-order valence-corrected chi connectivity index (χ4v) is 4.77. The summed E-state index contributed by atoms with van der Waals surface area (Å²) in [7, 11) is 0. The Morgan fingerprint density at radius 3 is 2.70 bits per heavy atom. The number of nitrogens with one attached hydrogen (secondary N) is 1. The van der Waals surface area contributed by atoms with Gasteiger partial charge in [-0.1, -0.05) is 12.1 Å². The molecule has 1 aromatic carbocycles. The molecule has 1 aliphatic heterocycles. The van der Waals surface area contributed by atoms with Crippen molar-refractivity contribution in [2.75, 3.05) is 26.4 Å². The van der Waals surface area contributed by atoms with Gasteiger partial charge in [0.1, 0.15) is 5.82 Å². The minimum atomic E-state index is -0.542. The first-order chi connectivity index (χ1) is 14.7. The van der Waals surface area contributed by atoms with E-state index in [-0.39, 0.29) is 30.3 Å². The second kappa shape index (κ2) is 9.92.